The van der Waals surface area contributed by atoms with Crippen LogP contribution >= 0.6 is 0 Å². The average molecular weight is 481 g/mol. The van der Waals surface area contributed by atoms with Crippen LogP contribution in [-0.2, 0) is 12.8 Å². The summed E-state index contributed by atoms with van der Waals surface area (Å²) < 4.78 is 11.6. The standard InChI is InChI=1S/C30H24O6/c1-3-17-5-9-19(10-6-17)35-21-15-23-26(24(31)16-21)30(34)27-22(28(23)32)13-14-25(29(27)33)36-20-11-7-18(4-2)8-12-20/h5-16,31,33H,3-4H2,1-2H3. The van der Waals surface area contributed by atoms with Gasteiger partial charge in [0.1, 0.15) is 23.0 Å². The predicted molar refractivity (Wildman–Crippen MR) is 135 cm³/mol. The van der Waals surface area contributed by atoms with Gasteiger partial charge in [0.2, 0.25) is 5.78 Å². The van der Waals surface area contributed by atoms with Gasteiger partial charge in [-0.25, -0.2) is 0 Å². The first-order valence-electron chi connectivity index (χ1n) is 11.8. The van der Waals surface area contributed by atoms with Crippen LogP contribution in [0, 0.1) is 0 Å². The van der Waals surface area contributed by atoms with Gasteiger partial charge in [-0.05, 0) is 66.4 Å². The number of hydrogen-bond donors (Lipinski definition) is 2. The van der Waals surface area contributed by atoms with Crippen LogP contribution in [0.1, 0.15) is 56.8 Å². The monoisotopic (exact) mass is 480 g/mol. The summed E-state index contributed by atoms with van der Waals surface area (Å²) >= 11 is 0. The second-order valence-electron chi connectivity index (χ2n) is 8.56. The van der Waals surface area contributed by atoms with Gasteiger partial charge >= 0.3 is 0 Å². The Hall–Kier alpha value is -4.58. The van der Waals surface area contributed by atoms with Crippen molar-refractivity contribution in [3.63, 3.8) is 0 Å². The predicted octanol–water partition coefficient (Wildman–Crippen LogP) is 6.58. The molecule has 180 valence electrons. The lowest BCUT2D eigenvalue weighted by molar-refractivity contribution is 0.0973. The van der Waals surface area contributed by atoms with Crippen molar-refractivity contribution in [3.8, 4) is 34.5 Å². The summed E-state index contributed by atoms with van der Waals surface area (Å²) in [5.74, 6) is -0.750. The minimum Gasteiger partial charge on any atom is -0.507 e. The number of fused-ring (bicyclic) bond motifs is 2. The minimum absolute atomic E-state index is 0.0101. The zero-order chi connectivity index (χ0) is 25.4. The first-order chi connectivity index (χ1) is 17.4. The molecule has 0 aromatic heterocycles. The van der Waals surface area contributed by atoms with Crippen LogP contribution in [-0.4, -0.2) is 21.8 Å². The highest BCUT2D eigenvalue weighted by Gasteiger charge is 2.36. The zero-order valence-corrected chi connectivity index (χ0v) is 19.9. The third-order valence-electron chi connectivity index (χ3n) is 6.30. The van der Waals surface area contributed by atoms with Crippen molar-refractivity contribution in [2.24, 2.45) is 0 Å². The van der Waals surface area contributed by atoms with Crippen LogP contribution in [0.3, 0.4) is 0 Å². The van der Waals surface area contributed by atoms with Gasteiger partial charge in [-0.2, -0.15) is 0 Å². The lowest BCUT2D eigenvalue weighted by atomic mass is 9.82. The van der Waals surface area contributed by atoms with E-state index in [9.17, 15) is 19.8 Å². The Morgan fingerprint density at radius 2 is 1.19 bits per heavy atom. The number of rotatable bonds is 6. The number of aromatic hydroxyl groups is 2. The molecule has 4 aromatic rings. The Bertz CT molecular complexity index is 1480. The lowest BCUT2D eigenvalue weighted by Gasteiger charge is -2.21. The van der Waals surface area contributed by atoms with Crippen LogP contribution in [0.5, 0.6) is 34.5 Å². The molecule has 0 fully saturated rings. The maximum absolute atomic E-state index is 13.4. The average Bonchev–Trinajstić information content (AvgIpc) is 2.89. The number of carbonyl (C=O) groups is 2. The normalized spacial score (nSPS) is 12.2. The molecule has 0 radical (unpaired) electrons. The van der Waals surface area contributed by atoms with Gasteiger partial charge in [0.05, 0.1) is 11.1 Å². The fourth-order valence-corrected chi connectivity index (χ4v) is 4.27. The fourth-order valence-electron chi connectivity index (χ4n) is 4.27. The van der Waals surface area contributed by atoms with Gasteiger partial charge < -0.3 is 19.7 Å². The summed E-state index contributed by atoms with van der Waals surface area (Å²) in [5.41, 5.74) is 1.94. The van der Waals surface area contributed by atoms with Crippen LogP contribution in [0.15, 0.2) is 72.8 Å². The molecule has 5 rings (SSSR count). The molecule has 0 heterocycles. The quantitative estimate of drug-likeness (QED) is 0.285. The minimum atomic E-state index is -0.666. The maximum Gasteiger partial charge on any atom is 0.202 e. The Kier molecular flexibility index (Phi) is 5.94. The Morgan fingerprint density at radius 3 is 1.78 bits per heavy atom. The molecule has 0 atom stereocenters. The van der Waals surface area contributed by atoms with E-state index in [0.29, 0.717) is 11.5 Å². The molecule has 1 aliphatic rings. The van der Waals surface area contributed by atoms with Crippen LogP contribution in [0.2, 0.25) is 0 Å². The van der Waals surface area contributed by atoms with E-state index in [1.165, 1.54) is 24.3 Å². The van der Waals surface area contributed by atoms with Gasteiger partial charge in [0.15, 0.2) is 17.3 Å². The Labute approximate surface area is 208 Å². The number of phenols is 2. The van der Waals surface area contributed by atoms with Crippen molar-refractivity contribution < 1.29 is 29.3 Å². The number of hydrogen-bond acceptors (Lipinski definition) is 6. The van der Waals surface area contributed by atoms with Gasteiger partial charge in [-0.15, -0.1) is 0 Å². The van der Waals surface area contributed by atoms with Gasteiger partial charge in [-0.3, -0.25) is 9.59 Å². The van der Waals surface area contributed by atoms with Gasteiger partial charge in [0.25, 0.3) is 0 Å². The van der Waals surface area contributed by atoms with Crippen molar-refractivity contribution in [2.75, 3.05) is 0 Å². The highest BCUT2D eigenvalue weighted by atomic mass is 16.5. The zero-order valence-electron chi connectivity index (χ0n) is 19.9. The number of aryl methyl sites for hydroxylation is 2. The number of ether oxygens (including phenoxy) is 2. The molecule has 6 heteroatoms. The summed E-state index contributed by atoms with van der Waals surface area (Å²) in [6.07, 6.45) is 1.77. The van der Waals surface area contributed by atoms with Crippen molar-refractivity contribution in [1.82, 2.24) is 0 Å². The number of phenolic OH excluding ortho intramolecular Hbond substituents is 2. The fraction of sp³-hybridized carbons (Fsp3) is 0.133. The summed E-state index contributed by atoms with van der Waals surface area (Å²) in [5, 5.41) is 21.6. The third kappa shape index (κ3) is 4.07. The molecule has 0 spiro atoms. The van der Waals surface area contributed by atoms with Crippen molar-refractivity contribution in [3.05, 3.63) is 106 Å². The largest absolute Gasteiger partial charge is 0.507 e. The number of carbonyl (C=O) groups excluding carboxylic acids is 2. The highest BCUT2D eigenvalue weighted by molar-refractivity contribution is 6.30. The van der Waals surface area contributed by atoms with E-state index in [1.54, 1.807) is 24.3 Å². The summed E-state index contributed by atoms with van der Waals surface area (Å²) in [6, 6.07) is 20.4. The Morgan fingerprint density at radius 1 is 0.611 bits per heavy atom. The van der Waals surface area contributed by atoms with Gasteiger partial charge in [-0.1, -0.05) is 38.1 Å². The highest BCUT2D eigenvalue weighted by Crippen LogP contribution is 2.43. The van der Waals surface area contributed by atoms with Crippen molar-refractivity contribution in [1.29, 1.82) is 0 Å². The Balaban J connectivity index is 1.49. The van der Waals surface area contributed by atoms with E-state index in [1.807, 2.05) is 38.1 Å². The molecule has 0 unspecified atom stereocenters. The van der Waals surface area contributed by atoms with Crippen molar-refractivity contribution >= 4 is 11.6 Å². The summed E-state index contributed by atoms with van der Waals surface area (Å²) in [7, 11) is 0. The van der Waals surface area contributed by atoms with E-state index < -0.39 is 23.1 Å². The second-order valence-corrected chi connectivity index (χ2v) is 8.56. The second kappa shape index (κ2) is 9.23. The van der Waals surface area contributed by atoms with E-state index in [4.69, 9.17) is 9.47 Å². The SMILES string of the molecule is CCc1ccc(Oc2cc(O)c3c(c2)C(=O)c2ccc(Oc4ccc(CC)cc4)c(O)c2C3=O)cc1. The first-order valence-corrected chi connectivity index (χ1v) is 11.8. The molecule has 2 N–H and O–H groups in total. The first kappa shape index (κ1) is 23.2. The van der Waals surface area contributed by atoms with Crippen LogP contribution in [0.25, 0.3) is 0 Å². The van der Waals surface area contributed by atoms with E-state index in [-0.39, 0.29) is 33.8 Å². The molecule has 0 amide bonds. The summed E-state index contributed by atoms with van der Waals surface area (Å²) in [4.78, 5) is 26.7. The number of benzene rings is 4. The molecule has 6 nitrogen and oxygen atoms in total. The maximum atomic E-state index is 13.4. The van der Waals surface area contributed by atoms with Crippen LogP contribution in [0.4, 0.5) is 0 Å². The lowest BCUT2D eigenvalue weighted by Crippen LogP contribution is -2.21. The molecular formula is C30H24O6. The van der Waals surface area contributed by atoms with Crippen LogP contribution < -0.4 is 9.47 Å². The molecule has 0 aliphatic heterocycles. The van der Waals surface area contributed by atoms with E-state index >= 15 is 0 Å². The molecule has 1 aliphatic carbocycles. The third-order valence-corrected chi connectivity index (χ3v) is 6.30. The summed E-state index contributed by atoms with van der Waals surface area (Å²) in [6.45, 7) is 4.09. The van der Waals surface area contributed by atoms with Gasteiger partial charge in [0, 0.05) is 17.2 Å². The molecule has 0 saturated carbocycles. The number of ketones is 2. The molecule has 36 heavy (non-hydrogen) atoms. The topological polar surface area (TPSA) is 93.1 Å². The van der Waals surface area contributed by atoms with E-state index in [0.717, 1.165) is 24.0 Å². The molecular weight excluding hydrogens is 456 g/mol. The van der Waals surface area contributed by atoms with Crippen molar-refractivity contribution in [2.45, 2.75) is 26.7 Å². The molecule has 4 aromatic carbocycles. The molecule has 0 bridgehead atoms. The smallest absolute Gasteiger partial charge is 0.202 e. The molecule has 0 saturated heterocycles. The van der Waals surface area contributed by atoms with E-state index in [2.05, 4.69) is 0 Å².